The van der Waals surface area contributed by atoms with Crippen LogP contribution in [0.15, 0.2) is 5.38 Å². The minimum absolute atomic E-state index is 0.216. The molecule has 0 atom stereocenters. The zero-order valence-electron chi connectivity index (χ0n) is 8.84. The van der Waals surface area contributed by atoms with Crippen LogP contribution in [0.1, 0.15) is 26.5 Å². The van der Waals surface area contributed by atoms with Gasteiger partial charge in [0, 0.05) is 10.9 Å². The molecule has 1 heterocycles. The number of nitrogens with zero attached hydrogens (tertiary/aromatic N) is 1. The molecule has 0 aliphatic carbocycles. The first-order valence-corrected chi connectivity index (χ1v) is 5.26. The van der Waals surface area contributed by atoms with Crippen molar-refractivity contribution in [3.63, 3.8) is 0 Å². The first kappa shape index (κ1) is 11.0. The molecule has 0 saturated carbocycles. The molecule has 0 saturated heterocycles. The summed E-state index contributed by atoms with van der Waals surface area (Å²) in [5.41, 5.74) is 0.692. The molecule has 4 nitrogen and oxygen atoms in total. The van der Waals surface area contributed by atoms with E-state index in [0.29, 0.717) is 5.13 Å². The smallest absolute Gasteiger partial charge is 0.321 e. The maximum Gasteiger partial charge on any atom is 0.321 e. The molecule has 0 aliphatic rings. The predicted octanol–water partition coefficient (Wildman–Crippen LogP) is 2.37. The van der Waals surface area contributed by atoms with Gasteiger partial charge in [-0.3, -0.25) is 5.32 Å². The topological polar surface area (TPSA) is 54.0 Å². The van der Waals surface area contributed by atoms with E-state index in [1.54, 1.807) is 0 Å². The third-order valence-corrected chi connectivity index (χ3v) is 2.20. The van der Waals surface area contributed by atoms with Crippen molar-refractivity contribution >= 4 is 22.5 Å². The number of urea groups is 1. The van der Waals surface area contributed by atoms with Crippen molar-refractivity contribution in [3.8, 4) is 0 Å². The number of hydrogen-bond acceptors (Lipinski definition) is 3. The summed E-state index contributed by atoms with van der Waals surface area (Å²) in [6.45, 7) is 7.68. The van der Waals surface area contributed by atoms with Crippen molar-refractivity contribution in [2.45, 2.75) is 33.2 Å². The van der Waals surface area contributed by atoms with E-state index in [-0.39, 0.29) is 11.6 Å². The summed E-state index contributed by atoms with van der Waals surface area (Å²) in [4.78, 5) is 15.5. The highest BCUT2D eigenvalue weighted by Crippen LogP contribution is 2.14. The van der Waals surface area contributed by atoms with Crippen LogP contribution in [0.3, 0.4) is 0 Å². The van der Waals surface area contributed by atoms with Crippen molar-refractivity contribution in [1.29, 1.82) is 0 Å². The summed E-state index contributed by atoms with van der Waals surface area (Å²) in [5.74, 6) is 0. The molecule has 2 amide bonds. The second kappa shape index (κ2) is 3.96. The second-order valence-corrected chi connectivity index (χ2v) is 4.98. The Bertz CT molecular complexity index is 327. The monoisotopic (exact) mass is 213 g/mol. The van der Waals surface area contributed by atoms with E-state index in [4.69, 9.17) is 0 Å². The second-order valence-electron chi connectivity index (χ2n) is 4.12. The van der Waals surface area contributed by atoms with Gasteiger partial charge in [-0.05, 0) is 27.7 Å². The van der Waals surface area contributed by atoms with Gasteiger partial charge in [0.1, 0.15) is 0 Å². The minimum atomic E-state index is -0.226. The highest BCUT2D eigenvalue weighted by atomic mass is 32.1. The molecule has 1 rings (SSSR count). The van der Waals surface area contributed by atoms with Crippen LogP contribution in [0.2, 0.25) is 0 Å². The number of hydrogen-bond donors (Lipinski definition) is 2. The molecule has 0 bridgehead atoms. The van der Waals surface area contributed by atoms with Crippen LogP contribution < -0.4 is 10.6 Å². The Kier molecular flexibility index (Phi) is 3.10. The maximum absolute atomic E-state index is 11.4. The van der Waals surface area contributed by atoms with Gasteiger partial charge in [-0.15, -0.1) is 11.3 Å². The van der Waals surface area contributed by atoms with Crippen LogP contribution in [0.5, 0.6) is 0 Å². The van der Waals surface area contributed by atoms with Crippen LogP contribution in [0.4, 0.5) is 9.93 Å². The standard InChI is InChI=1S/C9H15N3OS/c1-6-5-14-8(10-6)11-7(13)12-9(2,3)4/h5H,1-4H3,(H2,10,11,12,13). The van der Waals surface area contributed by atoms with Gasteiger partial charge in [0.05, 0.1) is 5.69 Å². The maximum atomic E-state index is 11.4. The number of carbonyl (C=O) groups excluding carboxylic acids is 1. The van der Waals surface area contributed by atoms with Crippen LogP contribution >= 0.6 is 11.3 Å². The average Bonchev–Trinajstić information content (AvgIpc) is 2.30. The Morgan fingerprint density at radius 3 is 2.57 bits per heavy atom. The number of nitrogens with one attached hydrogen (secondary N) is 2. The van der Waals surface area contributed by atoms with Gasteiger partial charge in [0.2, 0.25) is 0 Å². The Morgan fingerprint density at radius 2 is 2.14 bits per heavy atom. The lowest BCUT2D eigenvalue weighted by Crippen LogP contribution is -2.43. The molecule has 0 spiro atoms. The summed E-state index contributed by atoms with van der Waals surface area (Å²) in [5, 5.41) is 7.99. The lowest BCUT2D eigenvalue weighted by molar-refractivity contribution is 0.244. The van der Waals surface area contributed by atoms with Gasteiger partial charge in [0.25, 0.3) is 0 Å². The summed E-state index contributed by atoms with van der Waals surface area (Å²) < 4.78 is 0. The van der Waals surface area contributed by atoms with Crippen molar-refractivity contribution in [2.24, 2.45) is 0 Å². The third-order valence-electron chi connectivity index (χ3n) is 1.33. The molecule has 14 heavy (non-hydrogen) atoms. The molecular formula is C9H15N3OS. The van der Waals surface area contributed by atoms with E-state index in [1.807, 2.05) is 33.1 Å². The Hall–Kier alpha value is -1.10. The highest BCUT2D eigenvalue weighted by molar-refractivity contribution is 7.13. The van der Waals surface area contributed by atoms with E-state index < -0.39 is 0 Å². The summed E-state index contributed by atoms with van der Waals surface area (Å²) >= 11 is 1.42. The average molecular weight is 213 g/mol. The fraction of sp³-hybridized carbons (Fsp3) is 0.556. The molecular weight excluding hydrogens is 198 g/mol. The Balaban J connectivity index is 2.50. The summed E-state index contributed by atoms with van der Waals surface area (Å²) in [7, 11) is 0. The van der Waals surface area contributed by atoms with Gasteiger partial charge in [0.15, 0.2) is 5.13 Å². The van der Waals surface area contributed by atoms with Crippen molar-refractivity contribution < 1.29 is 4.79 Å². The van der Waals surface area contributed by atoms with E-state index >= 15 is 0 Å². The third kappa shape index (κ3) is 3.74. The van der Waals surface area contributed by atoms with Gasteiger partial charge >= 0.3 is 6.03 Å². The van der Waals surface area contributed by atoms with E-state index in [0.717, 1.165) is 5.69 Å². The van der Waals surface area contributed by atoms with Crippen molar-refractivity contribution in [1.82, 2.24) is 10.3 Å². The van der Waals surface area contributed by atoms with Crippen molar-refractivity contribution in [3.05, 3.63) is 11.1 Å². The van der Waals surface area contributed by atoms with Gasteiger partial charge in [-0.1, -0.05) is 0 Å². The number of amides is 2. The predicted molar refractivity (Wildman–Crippen MR) is 58.8 cm³/mol. The van der Waals surface area contributed by atoms with E-state index in [2.05, 4.69) is 15.6 Å². The lowest BCUT2D eigenvalue weighted by atomic mass is 10.1. The molecule has 0 fully saturated rings. The molecule has 1 aromatic heterocycles. The van der Waals surface area contributed by atoms with Crippen LogP contribution in [0.25, 0.3) is 0 Å². The SMILES string of the molecule is Cc1csc(NC(=O)NC(C)(C)C)n1. The number of aromatic nitrogens is 1. The number of carbonyl (C=O) groups is 1. The fourth-order valence-corrected chi connectivity index (χ4v) is 1.56. The molecule has 0 radical (unpaired) electrons. The molecule has 5 heteroatoms. The van der Waals surface area contributed by atoms with Gasteiger partial charge in [-0.25, -0.2) is 9.78 Å². The van der Waals surface area contributed by atoms with Gasteiger partial charge in [-0.2, -0.15) is 0 Å². The summed E-state index contributed by atoms with van der Waals surface area (Å²) in [6, 6.07) is -0.216. The normalized spacial score (nSPS) is 11.1. The zero-order valence-corrected chi connectivity index (χ0v) is 9.66. The number of aryl methyl sites for hydroxylation is 1. The number of thiazole rings is 1. The summed E-state index contributed by atoms with van der Waals surface area (Å²) in [6.07, 6.45) is 0. The highest BCUT2D eigenvalue weighted by Gasteiger charge is 2.14. The largest absolute Gasteiger partial charge is 0.333 e. The van der Waals surface area contributed by atoms with E-state index in [9.17, 15) is 4.79 Å². The fourth-order valence-electron chi connectivity index (χ4n) is 0.880. The molecule has 0 unspecified atom stereocenters. The lowest BCUT2D eigenvalue weighted by Gasteiger charge is -2.20. The first-order valence-electron chi connectivity index (χ1n) is 4.38. The molecule has 2 N–H and O–H groups in total. The molecule has 0 aliphatic heterocycles. The first-order chi connectivity index (χ1) is 6.37. The Morgan fingerprint density at radius 1 is 1.50 bits per heavy atom. The molecule has 1 aromatic rings. The quantitative estimate of drug-likeness (QED) is 0.752. The molecule has 0 aromatic carbocycles. The Labute approximate surface area is 87.7 Å². The van der Waals surface area contributed by atoms with Crippen LogP contribution in [-0.4, -0.2) is 16.6 Å². The minimum Gasteiger partial charge on any atom is -0.333 e. The van der Waals surface area contributed by atoms with Gasteiger partial charge < -0.3 is 5.32 Å². The molecule has 78 valence electrons. The van der Waals surface area contributed by atoms with Crippen LogP contribution in [-0.2, 0) is 0 Å². The number of anilines is 1. The van der Waals surface area contributed by atoms with E-state index in [1.165, 1.54) is 11.3 Å². The van der Waals surface area contributed by atoms with Crippen molar-refractivity contribution in [2.75, 3.05) is 5.32 Å². The van der Waals surface area contributed by atoms with Crippen LogP contribution in [0, 0.1) is 6.92 Å². The zero-order chi connectivity index (χ0) is 10.8. The number of rotatable bonds is 1.